The maximum absolute atomic E-state index is 12.9. The van der Waals surface area contributed by atoms with Crippen LogP contribution in [0.5, 0.6) is 0 Å². The standard InChI is InChI=1S/C77H142O6/c1-4-7-10-13-15-17-19-21-23-25-27-29-31-33-35-37-38-40-41-43-45-47-49-51-53-55-57-59-61-64-67-70-76(79)82-73-74(72-81-75(78)69-66-63-12-9-6-3)83-77(80)71-68-65-62-60-58-56-54-52-50-48-46-44-42-39-36-34-32-30-28-26-24-22-20-18-16-14-11-8-5-2/h19,21,25-28,31,33,74H,4-18,20,22-24,29-30,32,34-73H2,1-3H3/b21-19-,27-25-,28-26-,33-31-. The van der Waals surface area contributed by atoms with Gasteiger partial charge in [-0.1, -0.05) is 352 Å². The van der Waals surface area contributed by atoms with Gasteiger partial charge in [0.2, 0.25) is 0 Å². The molecule has 0 aromatic carbocycles. The van der Waals surface area contributed by atoms with E-state index in [1.807, 2.05) is 0 Å². The number of unbranched alkanes of at least 4 members (excludes halogenated alkanes) is 50. The summed E-state index contributed by atoms with van der Waals surface area (Å²) in [5.41, 5.74) is 0. The van der Waals surface area contributed by atoms with E-state index in [1.54, 1.807) is 0 Å². The molecule has 0 aromatic heterocycles. The Bertz CT molecular complexity index is 1430. The lowest BCUT2D eigenvalue weighted by Crippen LogP contribution is -2.30. The van der Waals surface area contributed by atoms with Crippen LogP contribution in [-0.4, -0.2) is 37.2 Å². The average Bonchev–Trinajstić information content (AvgIpc) is 3.49. The fourth-order valence-corrected chi connectivity index (χ4v) is 11.2. The summed E-state index contributed by atoms with van der Waals surface area (Å²) in [6, 6.07) is 0. The molecule has 0 bridgehead atoms. The van der Waals surface area contributed by atoms with E-state index in [-0.39, 0.29) is 31.1 Å². The molecule has 0 N–H and O–H groups in total. The van der Waals surface area contributed by atoms with Crippen LogP contribution >= 0.6 is 0 Å². The molecule has 486 valence electrons. The Balaban J connectivity index is 3.91. The van der Waals surface area contributed by atoms with Crippen molar-refractivity contribution in [1.82, 2.24) is 0 Å². The van der Waals surface area contributed by atoms with Gasteiger partial charge in [0.1, 0.15) is 13.2 Å². The molecule has 83 heavy (non-hydrogen) atoms. The summed E-state index contributed by atoms with van der Waals surface area (Å²) in [4.78, 5) is 38.1. The second kappa shape index (κ2) is 71.8. The monoisotopic (exact) mass is 1160 g/mol. The zero-order valence-corrected chi connectivity index (χ0v) is 56.0. The van der Waals surface area contributed by atoms with E-state index >= 15 is 0 Å². The molecule has 0 spiro atoms. The summed E-state index contributed by atoms with van der Waals surface area (Å²) in [5, 5.41) is 0. The lowest BCUT2D eigenvalue weighted by molar-refractivity contribution is -0.167. The first kappa shape index (κ1) is 80.4. The Morgan fingerprint density at radius 2 is 0.434 bits per heavy atom. The first-order valence-electron chi connectivity index (χ1n) is 37.1. The average molecular weight is 1160 g/mol. The quantitative estimate of drug-likeness (QED) is 0.0261. The van der Waals surface area contributed by atoms with Crippen molar-refractivity contribution >= 4 is 17.9 Å². The molecule has 0 aliphatic carbocycles. The summed E-state index contributed by atoms with van der Waals surface area (Å²) < 4.78 is 16.8. The molecule has 1 unspecified atom stereocenters. The molecule has 0 fully saturated rings. The van der Waals surface area contributed by atoms with Crippen molar-refractivity contribution in [2.75, 3.05) is 13.2 Å². The van der Waals surface area contributed by atoms with E-state index in [0.29, 0.717) is 19.3 Å². The van der Waals surface area contributed by atoms with E-state index in [9.17, 15) is 14.4 Å². The van der Waals surface area contributed by atoms with Crippen molar-refractivity contribution in [3.8, 4) is 0 Å². The highest BCUT2D eigenvalue weighted by molar-refractivity contribution is 5.71. The van der Waals surface area contributed by atoms with Crippen LogP contribution in [0, 0.1) is 0 Å². The summed E-state index contributed by atoms with van der Waals surface area (Å²) in [7, 11) is 0. The second-order valence-corrected chi connectivity index (χ2v) is 25.2. The van der Waals surface area contributed by atoms with Crippen LogP contribution in [-0.2, 0) is 28.6 Å². The Hall–Kier alpha value is -2.63. The topological polar surface area (TPSA) is 78.9 Å². The molecule has 6 nitrogen and oxygen atoms in total. The van der Waals surface area contributed by atoms with Gasteiger partial charge in [-0.3, -0.25) is 14.4 Å². The van der Waals surface area contributed by atoms with Crippen LogP contribution in [0.3, 0.4) is 0 Å². The van der Waals surface area contributed by atoms with Crippen molar-refractivity contribution in [3.63, 3.8) is 0 Å². The Morgan fingerprint density at radius 3 is 0.687 bits per heavy atom. The van der Waals surface area contributed by atoms with Gasteiger partial charge in [0.25, 0.3) is 0 Å². The minimum atomic E-state index is -0.768. The van der Waals surface area contributed by atoms with Crippen LogP contribution in [0.1, 0.15) is 406 Å². The van der Waals surface area contributed by atoms with Crippen LogP contribution in [0.4, 0.5) is 0 Å². The maximum Gasteiger partial charge on any atom is 0.306 e. The Morgan fingerprint density at radius 1 is 0.241 bits per heavy atom. The van der Waals surface area contributed by atoms with Gasteiger partial charge in [0.05, 0.1) is 0 Å². The second-order valence-electron chi connectivity index (χ2n) is 25.2. The number of hydrogen-bond acceptors (Lipinski definition) is 6. The van der Waals surface area contributed by atoms with Crippen molar-refractivity contribution in [3.05, 3.63) is 48.6 Å². The highest BCUT2D eigenvalue weighted by atomic mass is 16.6. The first-order valence-corrected chi connectivity index (χ1v) is 37.1. The zero-order chi connectivity index (χ0) is 59.9. The van der Waals surface area contributed by atoms with Gasteiger partial charge >= 0.3 is 17.9 Å². The van der Waals surface area contributed by atoms with E-state index in [4.69, 9.17) is 14.2 Å². The number of rotatable bonds is 69. The fourth-order valence-electron chi connectivity index (χ4n) is 11.2. The van der Waals surface area contributed by atoms with Crippen LogP contribution in [0.15, 0.2) is 48.6 Å². The van der Waals surface area contributed by atoms with Gasteiger partial charge in [-0.15, -0.1) is 0 Å². The molecule has 6 heteroatoms. The van der Waals surface area contributed by atoms with Gasteiger partial charge in [-0.05, 0) is 83.5 Å². The normalized spacial score (nSPS) is 12.3. The van der Waals surface area contributed by atoms with Crippen molar-refractivity contribution < 1.29 is 28.6 Å². The molecular formula is C77H142O6. The summed E-state index contributed by atoms with van der Waals surface area (Å²) in [5.74, 6) is -0.857. The van der Waals surface area contributed by atoms with Gasteiger partial charge in [-0.25, -0.2) is 0 Å². The summed E-state index contributed by atoms with van der Waals surface area (Å²) in [6.45, 7) is 6.61. The number of hydrogen-bond donors (Lipinski definition) is 0. The molecule has 0 amide bonds. The molecule has 0 rings (SSSR count). The fraction of sp³-hybridized carbons (Fsp3) is 0.857. The van der Waals surface area contributed by atoms with Gasteiger partial charge in [0.15, 0.2) is 6.10 Å². The lowest BCUT2D eigenvalue weighted by Gasteiger charge is -2.18. The molecule has 1 atom stereocenters. The van der Waals surface area contributed by atoms with E-state index in [1.165, 1.54) is 289 Å². The molecule has 0 radical (unpaired) electrons. The number of carbonyl (C=O) groups excluding carboxylic acids is 3. The minimum absolute atomic E-state index is 0.0684. The molecule has 0 saturated carbocycles. The van der Waals surface area contributed by atoms with Gasteiger partial charge in [-0.2, -0.15) is 0 Å². The molecule has 0 aromatic rings. The van der Waals surface area contributed by atoms with E-state index in [0.717, 1.165) is 77.0 Å². The summed E-state index contributed by atoms with van der Waals surface area (Å²) >= 11 is 0. The van der Waals surface area contributed by atoms with Gasteiger partial charge < -0.3 is 14.2 Å². The van der Waals surface area contributed by atoms with Gasteiger partial charge in [0, 0.05) is 19.3 Å². The highest BCUT2D eigenvalue weighted by Gasteiger charge is 2.19. The van der Waals surface area contributed by atoms with Crippen molar-refractivity contribution in [2.45, 2.75) is 412 Å². The third kappa shape index (κ3) is 70.0. The molecule has 0 saturated heterocycles. The minimum Gasteiger partial charge on any atom is -0.462 e. The van der Waals surface area contributed by atoms with Crippen molar-refractivity contribution in [2.24, 2.45) is 0 Å². The van der Waals surface area contributed by atoms with Crippen LogP contribution < -0.4 is 0 Å². The largest absolute Gasteiger partial charge is 0.462 e. The predicted octanol–water partition coefficient (Wildman–Crippen LogP) is 25.7. The molecule has 0 aliphatic heterocycles. The van der Waals surface area contributed by atoms with E-state index < -0.39 is 6.10 Å². The van der Waals surface area contributed by atoms with Crippen molar-refractivity contribution in [1.29, 1.82) is 0 Å². The SMILES string of the molecule is CCCCCCC/C=C\C/C=C\C/C=C\CCCCCCCCCCCCCCCCCCC(=O)OCC(COC(=O)CCCCCCC)OC(=O)CCCCCCCCCCCCCCCCCCC/C=C\CCCCCCCCCC. The molecule has 0 heterocycles. The molecule has 0 aliphatic rings. The number of ether oxygens (including phenoxy) is 3. The highest BCUT2D eigenvalue weighted by Crippen LogP contribution is 2.19. The lowest BCUT2D eigenvalue weighted by atomic mass is 10.0. The predicted molar refractivity (Wildman–Crippen MR) is 362 cm³/mol. The smallest absolute Gasteiger partial charge is 0.306 e. The van der Waals surface area contributed by atoms with Crippen LogP contribution in [0.2, 0.25) is 0 Å². The number of esters is 3. The Labute approximate surface area is 518 Å². The summed E-state index contributed by atoms with van der Waals surface area (Å²) in [6.07, 6.45) is 92.2. The zero-order valence-electron chi connectivity index (χ0n) is 56.0. The first-order chi connectivity index (χ1) is 41.0. The Kier molecular flexibility index (Phi) is 69.6. The number of carbonyl (C=O) groups is 3. The number of allylic oxidation sites excluding steroid dienone is 8. The maximum atomic E-state index is 12.9. The molecular weight excluding hydrogens is 1020 g/mol. The van der Waals surface area contributed by atoms with Crippen LogP contribution in [0.25, 0.3) is 0 Å². The third-order valence-electron chi connectivity index (χ3n) is 16.8. The third-order valence-corrected chi connectivity index (χ3v) is 16.8. The van der Waals surface area contributed by atoms with E-state index in [2.05, 4.69) is 69.4 Å².